The lowest BCUT2D eigenvalue weighted by molar-refractivity contribution is 0.190. The maximum atomic E-state index is 13.2. The van der Waals surface area contributed by atoms with Crippen molar-refractivity contribution in [1.82, 2.24) is 8.87 Å². The molecular formula is C26H33N3O3S2. The molecule has 1 aliphatic heterocycles. The molecule has 8 heteroatoms. The smallest absolute Gasteiger partial charge is 0.243 e. The monoisotopic (exact) mass is 499 g/mol. The first-order valence-corrected chi connectivity index (χ1v) is 14.2. The molecule has 0 saturated carbocycles. The van der Waals surface area contributed by atoms with E-state index < -0.39 is 10.0 Å². The highest BCUT2D eigenvalue weighted by Crippen LogP contribution is 2.26. The first kappa shape index (κ1) is 24.9. The number of hydrogen-bond acceptors (Lipinski definition) is 5. The number of hydrogen-bond donors (Lipinski definition) is 0. The average Bonchev–Trinajstić information content (AvgIpc) is 3.04. The van der Waals surface area contributed by atoms with Crippen LogP contribution in [0.2, 0.25) is 0 Å². The standard InChI is InChI=1S/C26H33N3O3S2/c1-21-8-12-23(13-9-21)27-26-29(18-7-19-32-2)25(20-33-26)22-10-14-24(15-11-22)34(30,31)28-16-5-3-4-6-17-28/h8-15,20H,3-7,16-19H2,1-2H3. The molecule has 3 aromatic rings. The van der Waals surface area contributed by atoms with Gasteiger partial charge < -0.3 is 9.30 Å². The van der Waals surface area contributed by atoms with E-state index in [4.69, 9.17) is 9.73 Å². The van der Waals surface area contributed by atoms with E-state index in [0.29, 0.717) is 24.6 Å². The van der Waals surface area contributed by atoms with E-state index in [1.807, 2.05) is 24.3 Å². The van der Waals surface area contributed by atoms with Crippen LogP contribution in [0.25, 0.3) is 11.3 Å². The van der Waals surface area contributed by atoms with Crippen molar-refractivity contribution < 1.29 is 13.2 Å². The first-order chi connectivity index (χ1) is 16.5. The van der Waals surface area contributed by atoms with Crippen molar-refractivity contribution in [2.45, 2.75) is 50.5 Å². The Morgan fingerprint density at radius 3 is 2.29 bits per heavy atom. The zero-order valence-corrected chi connectivity index (χ0v) is 21.6. The second-order valence-electron chi connectivity index (χ2n) is 8.69. The van der Waals surface area contributed by atoms with Gasteiger partial charge in [-0.1, -0.05) is 42.7 Å². The summed E-state index contributed by atoms with van der Waals surface area (Å²) in [6, 6.07) is 15.5. The molecular weight excluding hydrogens is 466 g/mol. The SMILES string of the molecule is COCCCn1c(-c2ccc(S(=O)(=O)N3CCCCCC3)cc2)csc1=Nc1ccc(C)cc1. The summed E-state index contributed by atoms with van der Waals surface area (Å²) >= 11 is 1.59. The average molecular weight is 500 g/mol. The van der Waals surface area contributed by atoms with Gasteiger partial charge in [0.2, 0.25) is 10.0 Å². The zero-order valence-electron chi connectivity index (χ0n) is 19.9. The maximum absolute atomic E-state index is 13.2. The van der Waals surface area contributed by atoms with Gasteiger partial charge in [-0.25, -0.2) is 13.4 Å². The van der Waals surface area contributed by atoms with Crippen molar-refractivity contribution in [2.24, 2.45) is 4.99 Å². The molecule has 0 unspecified atom stereocenters. The van der Waals surface area contributed by atoms with Crippen LogP contribution in [0.15, 0.2) is 63.8 Å². The molecule has 0 radical (unpaired) electrons. The highest BCUT2D eigenvalue weighted by Gasteiger charge is 2.25. The second-order valence-corrected chi connectivity index (χ2v) is 11.5. The molecule has 6 nitrogen and oxygen atoms in total. The Morgan fingerprint density at radius 1 is 0.971 bits per heavy atom. The van der Waals surface area contributed by atoms with E-state index in [1.54, 1.807) is 34.9 Å². The minimum absolute atomic E-state index is 0.365. The molecule has 2 aromatic carbocycles. The molecule has 1 saturated heterocycles. The summed E-state index contributed by atoms with van der Waals surface area (Å²) in [7, 11) is -1.75. The van der Waals surface area contributed by atoms with Gasteiger partial charge in [0.25, 0.3) is 0 Å². The predicted molar refractivity (Wildman–Crippen MR) is 138 cm³/mol. The van der Waals surface area contributed by atoms with Crippen LogP contribution in [0.4, 0.5) is 5.69 Å². The van der Waals surface area contributed by atoms with Crippen LogP contribution in [0.5, 0.6) is 0 Å². The lowest BCUT2D eigenvalue weighted by atomic mass is 10.2. The predicted octanol–water partition coefficient (Wildman–Crippen LogP) is 5.36. The summed E-state index contributed by atoms with van der Waals surface area (Å²) in [6.07, 6.45) is 4.93. The number of methoxy groups -OCH3 is 1. The fourth-order valence-corrected chi connectivity index (χ4v) is 6.66. The quantitative estimate of drug-likeness (QED) is 0.392. The van der Waals surface area contributed by atoms with Crippen LogP contribution in [-0.2, 0) is 21.3 Å². The Balaban J connectivity index is 1.65. The highest BCUT2D eigenvalue weighted by molar-refractivity contribution is 7.89. The summed E-state index contributed by atoms with van der Waals surface area (Å²) in [5.41, 5.74) is 4.13. The molecule has 34 heavy (non-hydrogen) atoms. The third-order valence-corrected chi connectivity index (χ3v) is 8.92. The van der Waals surface area contributed by atoms with Crippen LogP contribution >= 0.6 is 11.3 Å². The van der Waals surface area contributed by atoms with Crippen LogP contribution in [-0.4, -0.2) is 44.1 Å². The van der Waals surface area contributed by atoms with E-state index in [1.165, 1.54) is 5.56 Å². The van der Waals surface area contributed by atoms with Crippen molar-refractivity contribution in [3.63, 3.8) is 0 Å². The molecule has 0 amide bonds. The minimum Gasteiger partial charge on any atom is -0.385 e. The van der Waals surface area contributed by atoms with Crippen LogP contribution in [0.3, 0.4) is 0 Å². The van der Waals surface area contributed by atoms with Gasteiger partial charge in [-0.3, -0.25) is 0 Å². The molecule has 0 bridgehead atoms. The lowest BCUT2D eigenvalue weighted by Gasteiger charge is -2.20. The minimum atomic E-state index is -3.46. The van der Waals surface area contributed by atoms with Crippen molar-refractivity contribution >= 4 is 27.0 Å². The van der Waals surface area contributed by atoms with Gasteiger partial charge in [0.15, 0.2) is 4.80 Å². The number of aromatic nitrogens is 1. The third kappa shape index (κ3) is 5.86. The van der Waals surface area contributed by atoms with Crippen LogP contribution < -0.4 is 4.80 Å². The molecule has 0 aliphatic carbocycles. The largest absolute Gasteiger partial charge is 0.385 e. The van der Waals surface area contributed by atoms with Crippen molar-refractivity contribution in [2.75, 3.05) is 26.8 Å². The molecule has 0 N–H and O–H groups in total. The number of rotatable bonds is 8. The number of aryl methyl sites for hydroxylation is 1. The fraction of sp³-hybridized carbons (Fsp3) is 0.423. The number of nitrogens with zero attached hydrogens (tertiary/aromatic N) is 3. The third-order valence-electron chi connectivity index (χ3n) is 6.14. The summed E-state index contributed by atoms with van der Waals surface area (Å²) in [5.74, 6) is 0. The number of ether oxygens (including phenoxy) is 1. The van der Waals surface area contributed by atoms with Crippen molar-refractivity contribution in [3.8, 4) is 11.3 Å². The number of sulfonamides is 1. The molecule has 1 aliphatic rings. The molecule has 1 aromatic heterocycles. The Hall–Kier alpha value is -2.26. The Morgan fingerprint density at radius 2 is 1.65 bits per heavy atom. The van der Waals surface area contributed by atoms with Crippen LogP contribution in [0, 0.1) is 6.92 Å². The highest BCUT2D eigenvalue weighted by atomic mass is 32.2. The first-order valence-electron chi connectivity index (χ1n) is 11.9. The van der Waals surface area contributed by atoms with E-state index >= 15 is 0 Å². The molecule has 4 rings (SSSR count). The van der Waals surface area contributed by atoms with Crippen LogP contribution in [0.1, 0.15) is 37.7 Å². The Labute approximate surface area is 206 Å². The van der Waals surface area contributed by atoms with Gasteiger partial charge in [-0.05, 0) is 56.0 Å². The van der Waals surface area contributed by atoms with Gasteiger partial charge in [0.05, 0.1) is 16.3 Å². The summed E-state index contributed by atoms with van der Waals surface area (Å²) in [4.78, 5) is 6.15. The zero-order chi connectivity index (χ0) is 24.0. The summed E-state index contributed by atoms with van der Waals surface area (Å²) in [6.45, 7) is 4.72. The second kappa shape index (κ2) is 11.4. The van der Waals surface area contributed by atoms with E-state index in [9.17, 15) is 8.42 Å². The molecule has 2 heterocycles. The molecule has 1 fully saturated rings. The lowest BCUT2D eigenvalue weighted by Crippen LogP contribution is -2.31. The Bertz CT molecular complexity index is 1240. The summed E-state index contributed by atoms with van der Waals surface area (Å²) < 4.78 is 35.4. The van der Waals surface area contributed by atoms with Crippen molar-refractivity contribution in [1.29, 1.82) is 0 Å². The number of thiazole rings is 1. The summed E-state index contributed by atoms with van der Waals surface area (Å²) in [5, 5.41) is 2.10. The van der Waals surface area contributed by atoms with E-state index in [-0.39, 0.29) is 0 Å². The van der Waals surface area contributed by atoms with Gasteiger partial charge in [0.1, 0.15) is 0 Å². The van der Waals surface area contributed by atoms with E-state index in [2.05, 4.69) is 29.0 Å². The Kier molecular flexibility index (Phi) is 8.37. The molecule has 0 spiro atoms. The topological polar surface area (TPSA) is 63.9 Å². The van der Waals surface area contributed by atoms with Gasteiger partial charge in [-0.2, -0.15) is 4.31 Å². The fourth-order valence-electron chi connectivity index (χ4n) is 4.19. The van der Waals surface area contributed by atoms with E-state index in [0.717, 1.165) is 60.4 Å². The van der Waals surface area contributed by atoms with Gasteiger partial charge in [-0.15, -0.1) is 11.3 Å². The maximum Gasteiger partial charge on any atom is 0.243 e. The van der Waals surface area contributed by atoms with Gasteiger partial charge in [0, 0.05) is 38.7 Å². The normalized spacial score (nSPS) is 16.0. The number of benzene rings is 2. The van der Waals surface area contributed by atoms with Crippen molar-refractivity contribution in [3.05, 3.63) is 64.3 Å². The molecule has 0 atom stereocenters. The van der Waals surface area contributed by atoms with Gasteiger partial charge >= 0.3 is 0 Å². The molecule has 182 valence electrons.